The third-order valence-electron chi connectivity index (χ3n) is 3.69. The highest BCUT2D eigenvalue weighted by Crippen LogP contribution is 2.25. The summed E-state index contributed by atoms with van der Waals surface area (Å²) in [6.07, 6.45) is 10.4. The van der Waals surface area contributed by atoms with Gasteiger partial charge in [-0.3, -0.25) is 4.98 Å². The lowest BCUT2D eigenvalue weighted by atomic mass is 10.00. The molecule has 1 aliphatic carbocycles. The van der Waals surface area contributed by atoms with Gasteiger partial charge in [0.15, 0.2) is 0 Å². The number of fused-ring (bicyclic) bond motifs is 1. The van der Waals surface area contributed by atoms with E-state index < -0.39 is 0 Å². The Morgan fingerprint density at radius 1 is 1.33 bits per heavy atom. The van der Waals surface area contributed by atoms with Gasteiger partial charge in [-0.2, -0.15) is 0 Å². The van der Waals surface area contributed by atoms with Gasteiger partial charge >= 0.3 is 0 Å². The zero-order valence-electron chi connectivity index (χ0n) is 10.4. The number of pyridine rings is 1. The van der Waals surface area contributed by atoms with Crippen molar-refractivity contribution in [3.8, 4) is 0 Å². The lowest BCUT2D eigenvalue weighted by Gasteiger charge is -2.21. The maximum absolute atomic E-state index is 5.95. The largest absolute Gasteiger partial charge is 0.328 e. The highest BCUT2D eigenvalue weighted by molar-refractivity contribution is 5.23. The molecule has 0 radical (unpaired) electrons. The molecule has 0 saturated heterocycles. The SMILES string of the molecule is NCC(c1cccnc1)n1cnc2c1CCCC2. The molecular weight excluding hydrogens is 224 g/mol. The normalized spacial score (nSPS) is 16.3. The first-order chi connectivity index (χ1) is 8.90. The molecule has 2 aromatic rings. The second kappa shape index (κ2) is 4.90. The number of hydrogen-bond donors (Lipinski definition) is 1. The van der Waals surface area contributed by atoms with Gasteiger partial charge < -0.3 is 10.3 Å². The summed E-state index contributed by atoms with van der Waals surface area (Å²) in [6.45, 7) is 0.578. The fourth-order valence-corrected chi connectivity index (χ4v) is 2.74. The van der Waals surface area contributed by atoms with Gasteiger partial charge in [0.2, 0.25) is 0 Å². The van der Waals surface area contributed by atoms with Crippen LogP contribution in [0.4, 0.5) is 0 Å². The third-order valence-corrected chi connectivity index (χ3v) is 3.69. The summed E-state index contributed by atoms with van der Waals surface area (Å²) in [5.41, 5.74) is 9.73. The van der Waals surface area contributed by atoms with Crippen LogP contribution in [0.2, 0.25) is 0 Å². The van der Waals surface area contributed by atoms with Crippen molar-refractivity contribution >= 4 is 0 Å². The lowest BCUT2D eigenvalue weighted by Crippen LogP contribution is -2.22. The van der Waals surface area contributed by atoms with Crippen molar-refractivity contribution in [3.63, 3.8) is 0 Å². The van der Waals surface area contributed by atoms with E-state index in [1.165, 1.54) is 24.2 Å². The van der Waals surface area contributed by atoms with E-state index in [1.807, 2.05) is 18.6 Å². The highest BCUT2D eigenvalue weighted by atomic mass is 15.1. The molecule has 4 heteroatoms. The Morgan fingerprint density at radius 3 is 3.00 bits per heavy atom. The van der Waals surface area contributed by atoms with E-state index in [2.05, 4.69) is 20.6 Å². The van der Waals surface area contributed by atoms with Gasteiger partial charge in [-0.25, -0.2) is 4.98 Å². The van der Waals surface area contributed by atoms with E-state index in [0.29, 0.717) is 6.54 Å². The van der Waals surface area contributed by atoms with Crippen LogP contribution in [0.25, 0.3) is 0 Å². The molecule has 1 aliphatic rings. The molecule has 0 aliphatic heterocycles. The standard InChI is InChI=1S/C14H18N4/c15-8-14(11-4-3-7-16-9-11)18-10-17-12-5-1-2-6-13(12)18/h3-4,7,9-10,14H,1-2,5-6,8,15H2. The van der Waals surface area contributed by atoms with Crippen LogP contribution in [0.15, 0.2) is 30.9 Å². The Morgan fingerprint density at radius 2 is 2.22 bits per heavy atom. The second-order valence-corrected chi connectivity index (χ2v) is 4.79. The first-order valence-corrected chi connectivity index (χ1v) is 6.54. The lowest BCUT2D eigenvalue weighted by molar-refractivity contribution is 0.546. The van der Waals surface area contributed by atoms with Gasteiger partial charge in [-0.15, -0.1) is 0 Å². The summed E-state index contributed by atoms with van der Waals surface area (Å²) in [5.74, 6) is 0. The molecule has 1 unspecified atom stereocenters. The molecule has 0 spiro atoms. The Hall–Kier alpha value is -1.68. The predicted octanol–water partition coefficient (Wildman–Crippen LogP) is 1.71. The maximum Gasteiger partial charge on any atom is 0.0957 e. The minimum Gasteiger partial charge on any atom is -0.328 e. The summed E-state index contributed by atoms with van der Waals surface area (Å²) >= 11 is 0. The molecule has 0 saturated carbocycles. The van der Waals surface area contributed by atoms with Crippen LogP contribution in [0.5, 0.6) is 0 Å². The van der Waals surface area contributed by atoms with E-state index in [0.717, 1.165) is 18.4 Å². The van der Waals surface area contributed by atoms with Crippen molar-refractivity contribution in [2.75, 3.05) is 6.54 Å². The van der Waals surface area contributed by atoms with E-state index in [-0.39, 0.29) is 6.04 Å². The number of imidazole rings is 1. The minimum atomic E-state index is 0.160. The second-order valence-electron chi connectivity index (χ2n) is 4.79. The number of nitrogens with two attached hydrogens (primary N) is 1. The van der Waals surface area contributed by atoms with Gasteiger partial charge in [0.05, 0.1) is 18.1 Å². The molecule has 94 valence electrons. The number of hydrogen-bond acceptors (Lipinski definition) is 3. The van der Waals surface area contributed by atoms with Gasteiger partial charge in [-0.05, 0) is 37.3 Å². The highest BCUT2D eigenvalue weighted by Gasteiger charge is 2.20. The van der Waals surface area contributed by atoms with Gasteiger partial charge in [-0.1, -0.05) is 6.07 Å². The Bertz CT molecular complexity index is 518. The number of aromatic nitrogens is 3. The Balaban J connectivity index is 2.00. The topological polar surface area (TPSA) is 56.7 Å². The van der Waals surface area contributed by atoms with Crippen LogP contribution in [-0.4, -0.2) is 21.1 Å². The van der Waals surface area contributed by atoms with Crippen molar-refractivity contribution < 1.29 is 0 Å². The Kier molecular flexibility index (Phi) is 3.11. The molecule has 18 heavy (non-hydrogen) atoms. The number of nitrogens with zero attached hydrogens (tertiary/aromatic N) is 3. The predicted molar refractivity (Wildman–Crippen MR) is 70.3 cm³/mol. The summed E-state index contributed by atoms with van der Waals surface area (Å²) in [7, 11) is 0. The molecule has 3 rings (SSSR count). The fraction of sp³-hybridized carbons (Fsp3) is 0.429. The molecule has 0 fully saturated rings. The van der Waals surface area contributed by atoms with Crippen LogP contribution in [-0.2, 0) is 12.8 Å². The van der Waals surface area contributed by atoms with Crippen molar-refractivity contribution in [2.45, 2.75) is 31.7 Å². The molecule has 0 bridgehead atoms. The molecule has 2 aromatic heterocycles. The van der Waals surface area contributed by atoms with Crippen LogP contribution in [0.1, 0.15) is 35.8 Å². The summed E-state index contributed by atoms with van der Waals surface area (Å²) in [6, 6.07) is 4.20. The first kappa shape index (κ1) is 11.4. The van der Waals surface area contributed by atoms with E-state index in [4.69, 9.17) is 5.73 Å². The van der Waals surface area contributed by atoms with E-state index in [1.54, 1.807) is 6.20 Å². The molecule has 4 nitrogen and oxygen atoms in total. The van der Waals surface area contributed by atoms with E-state index in [9.17, 15) is 0 Å². The minimum absolute atomic E-state index is 0.160. The molecule has 0 aromatic carbocycles. The monoisotopic (exact) mass is 242 g/mol. The van der Waals surface area contributed by atoms with Gasteiger partial charge in [0.1, 0.15) is 0 Å². The van der Waals surface area contributed by atoms with Crippen LogP contribution < -0.4 is 5.73 Å². The summed E-state index contributed by atoms with van der Waals surface area (Å²) in [5, 5.41) is 0. The maximum atomic E-state index is 5.95. The fourth-order valence-electron chi connectivity index (χ4n) is 2.74. The average molecular weight is 242 g/mol. The van der Waals surface area contributed by atoms with Crippen LogP contribution >= 0.6 is 0 Å². The van der Waals surface area contributed by atoms with Crippen LogP contribution in [0, 0.1) is 0 Å². The zero-order chi connectivity index (χ0) is 12.4. The van der Waals surface area contributed by atoms with Crippen molar-refractivity contribution in [1.82, 2.24) is 14.5 Å². The number of aryl methyl sites for hydroxylation is 1. The van der Waals surface area contributed by atoms with Crippen molar-refractivity contribution in [2.24, 2.45) is 5.73 Å². The third kappa shape index (κ3) is 1.93. The molecule has 1 atom stereocenters. The smallest absolute Gasteiger partial charge is 0.0957 e. The Labute approximate surface area is 107 Å². The molecule has 0 amide bonds. The van der Waals surface area contributed by atoms with Crippen molar-refractivity contribution in [1.29, 1.82) is 0 Å². The van der Waals surface area contributed by atoms with Gasteiger partial charge in [0.25, 0.3) is 0 Å². The first-order valence-electron chi connectivity index (χ1n) is 6.54. The van der Waals surface area contributed by atoms with Crippen LogP contribution in [0.3, 0.4) is 0 Å². The summed E-state index contributed by atoms with van der Waals surface area (Å²) in [4.78, 5) is 8.72. The number of rotatable bonds is 3. The quantitative estimate of drug-likeness (QED) is 0.891. The molecule has 2 N–H and O–H groups in total. The average Bonchev–Trinajstić information content (AvgIpc) is 2.85. The van der Waals surface area contributed by atoms with Crippen molar-refractivity contribution in [3.05, 3.63) is 47.8 Å². The zero-order valence-corrected chi connectivity index (χ0v) is 10.4. The van der Waals surface area contributed by atoms with Gasteiger partial charge in [0, 0.05) is 24.6 Å². The van der Waals surface area contributed by atoms with E-state index >= 15 is 0 Å². The molecule has 2 heterocycles. The summed E-state index contributed by atoms with van der Waals surface area (Å²) < 4.78 is 2.24. The molecular formula is C14H18N4.